The maximum Gasteiger partial charge on any atom is 0.290 e. The molecule has 0 saturated carbocycles. The SMILES string of the molecule is Cc1cc(C)c2c(C)c(C(=O)N(Cc3c(F)cccc3Cl)C3CCS(=O)(=O)C3)oc2c1. The summed E-state index contributed by atoms with van der Waals surface area (Å²) in [5, 5.41) is 1.04. The van der Waals surface area contributed by atoms with Crippen LogP contribution in [-0.4, -0.2) is 36.8 Å². The summed E-state index contributed by atoms with van der Waals surface area (Å²) in [5.41, 5.74) is 3.43. The molecule has 0 aliphatic carbocycles. The van der Waals surface area contributed by atoms with E-state index in [9.17, 15) is 17.6 Å². The number of nitrogens with zero attached hydrogens (tertiary/aromatic N) is 1. The first-order valence-corrected chi connectivity index (χ1v) is 12.2. The summed E-state index contributed by atoms with van der Waals surface area (Å²) in [4.78, 5) is 15.0. The highest BCUT2D eigenvalue weighted by Crippen LogP contribution is 2.32. The van der Waals surface area contributed by atoms with Crippen molar-refractivity contribution in [1.82, 2.24) is 4.90 Å². The Kier molecular flexibility index (Phi) is 5.60. The van der Waals surface area contributed by atoms with Crippen LogP contribution in [0.2, 0.25) is 5.02 Å². The second kappa shape index (κ2) is 7.95. The van der Waals surface area contributed by atoms with E-state index < -0.39 is 27.6 Å². The van der Waals surface area contributed by atoms with E-state index in [4.69, 9.17) is 16.0 Å². The van der Waals surface area contributed by atoms with Crippen molar-refractivity contribution >= 4 is 38.3 Å². The fraction of sp³-hybridized carbons (Fsp3) is 0.348. The van der Waals surface area contributed by atoms with Crippen LogP contribution in [0.15, 0.2) is 34.7 Å². The molecular formula is C23H23ClFNO4S. The highest BCUT2D eigenvalue weighted by atomic mass is 35.5. The van der Waals surface area contributed by atoms with Gasteiger partial charge in [-0.1, -0.05) is 23.7 Å². The minimum Gasteiger partial charge on any atom is -0.451 e. The second-order valence-corrected chi connectivity index (χ2v) is 10.8. The van der Waals surface area contributed by atoms with Crippen LogP contribution in [0, 0.1) is 26.6 Å². The maximum atomic E-state index is 14.5. The van der Waals surface area contributed by atoms with Crippen molar-refractivity contribution in [2.45, 2.75) is 39.8 Å². The number of carbonyl (C=O) groups excluding carboxylic acids is 1. The molecule has 8 heteroatoms. The van der Waals surface area contributed by atoms with Crippen molar-refractivity contribution < 1.29 is 22.0 Å². The van der Waals surface area contributed by atoms with Gasteiger partial charge in [-0.2, -0.15) is 0 Å². The molecular weight excluding hydrogens is 441 g/mol. The molecule has 31 heavy (non-hydrogen) atoms. The van der Waals surface area contributed by atoms with Crippen LogP contribution in [0.4, 0.5) is 4.39 Å². The first-order chi connectivity index (χ1) is 14.6. The number of furan rings is 1. The smallest absolute Gasteiger partial charge is 0.290 e. The van der Waals surface area contributed by atoms with Gasteiger partial charge in [0.05, 0.1) is 18.1 Å². The normalized spacial score (nSPS) is 17.9. The first kappa shape index (κ1) is 21.8. The molecule has 4 rings (SSSR count). The zero-order valence-corrected chi connectivity index (χ0v) is 19.1. The van der Waals surface area contributed by atoms with E-state index in [2.05, 4.69) is 0 Å². The number of carbonyl (C=O) groups is 1. The summed E-state index contributed by atoms with van der Waals surface area (Å²) in [5.74, 6) is -1.04. The molecule has 1 aliphatic heterocycles. The van der Waals surface area contributed by atoms with E-state index in [0.29, 0.717) is 11.1 Å². The molecule has 0 spiro atoms. The number of rotatable bonds is 4. The third kappa shape index (κ3) is 4.08. The predicted molar refractivity (Wildman–Crippen MR) is 119 cm³/mol. The molecule has 1 saturated heterocycles. The Hall–Kier alpha value is -2.38. The van der Waals surface area contributed by atoms with Gasteiger partial charge in [0.15, 0.2) is 15.6 Å². The summed E-state index contributed by atoms with van der Waals surface area (Å²) in [7, 11) is -3.27. The standard InChI is InChI=1S/C23H23ClFNO4S/c1-13-9-14(2)21-15(3)22(30-20(21)10-13)23(27)26(16-7-8-31(28,29)12-16)11-17-18(24)5-4-6-19(17)25/h4-6,9-10,16H,7-8,11-12H2,1-3H3. The van der Waals surface area contributed by atoms with Gasteiger partial charge in [-0.15, -0.1) is 0 Å². The number of fused-ring (bicyclic) bond motifs is 1. The molecule has 1 fully saturated rings. The van der Waals surface area contributed by atoms with Gasteiger partial charge >= 0.3 is 0 Å². The van der Waals surface area contributed by atoms with Crippen molar-refractivity contribution in [3.8, 4) is 0 Å². The topological polar surface area (TPSA) is 67.6 Å². The summed E-state index contributed by atoms with van der Waals surface area (Å²) in [6.45, 7) is 5.56. The zero-order valence-electron chi connectivity index (χ0n) is 17.5. The molecule has 2 heterocycles. The lowest BCUT2D eigenvalue weighted by atomic mass is 10.0. The molecule has 5 nitrogen and oxygen atoms in total. The summed E-state index contributed by atoms with van der Waals surface area (Å²) in [6, 6.07) is 7.61. The van der Waals surface area contributed by atoms with Crippen molar-refractivity contribution in [3.05, 3.63) is 69.2 Å². The lowest BCUT2D eigenvalue weighted by molar-refractivity contribution is 0.0647. The van der Waals surface area contributed by atoms with Crippen LogP contribution in [0.3, 0.4) is 0 Å². The number of amides is 1. The molecule has 1 amide bonds. The predicted octanol–water partition coefficient (Wildman–Crippen LogP) is 4.98. The molecule has 1 aliphatic rings. The van der Waals surface area contributed by atoms with Crippen LogP contribution in [-0.2, 0) is 16.4 Å². The average Bonchev–Trinajstić information content (AvgIpc) is 3.20. The third-order valence-electron chi connectivity index (χ3n) is 5.87. The molecule has 1 unspecified atom stereocenters. The largest absolute Gasteiger partial charge is 0.451 e. The van der Waals surface area contributed by atoms with E-state index >= 15 is 0 Å². The number of halogens is 2. The molecule has 1 atom stereocenters. The lowest BCUT2D eigenvalue weighted by Gasteiger charge is -2.28. The molecule has 1 aromatic heterocycles. The molecule has 0 N–H and O–H groups in total. The Labute approximate surface area is 185 Å². The number of benzene rings is 2. The van der Waals surface area contributed by atoms with Gasteiger partial charge in [-0.25, -0.2) is 12.8 Å². The van der Waals surface area contributed by atoms with Crippen molar-refractivity contribution in [3.63, 3.8) is 0 Å². The van der Waals surface area contributed by atoms with Crippen LogP contribution in [0.5, 0.6) is 0 Å². The molecule has 0 bridgehead atoms. The van der Waals surface area contributed by atoms with Crippen LogP contribution < -0.4 is 0 Å². The van der Waals surface area contributed by atoms with E-state index in [1.165, 1.54) is 17.0 Å². The summed E-state index contributed by atoms with van der Waals surface area (Å²) in [6.07, 6.45) is 0.289. The number of sulfone groups is 1. The van der Waals surface area contributed by atoms with Gasteiger partial charge in [-0.05, 0) is 56.5 Å². The van der Waals surface area contributed by atoms with E-state index in [-0.39, 0.29) is 40.8 Å². The Morgan fingerprint density at radius 2 is 2.00 bits per heavy atom. The Morgan fingerprint density at radius 1 is 1.26 bits per heavy atom. The monoisotopic (exact) mass is 463 g/mol. The number of aryl methyl sites for hydroxylation is 3. The van der Waals surface area contributed by atoms with Crippen LogP contribution >= 0.6 is 11.6 Å². The van der Waals surface area contributed by atoms with Crippen molar-refractivity contribution in [1.29, 1.82) is 0 Å². The number of hydrogen-bond acceptors (Lipinski definition) is 4. The van der Waals surface area contributed by atoms with Crippen LogP contribution in [0.1, 0.15) is 39.2 Å². The Morgan fingerprint density at radius 3 is 2.65 bits per heavy atom. The Balaban J connectivity index is 1.80. The van der Waals surface area contributed by atoms with Gasteiger partial charge < -0.3 is 9.32 Å². The minimum atomic E-state index is -3.27. The summed E-state index contributed by atoms with van der Waals surface area (Å²) >= 11 is 6.20. The van der Waals surface area contributed by atoms with E-state index in [1.807, 2.05) is 26.0 Å². The van der Waals surface area contributed by atoms with E-state index in [0.717, 1.165) is 16.5 Å². The minimum absolute atomic E-state index is 0.0101. The maximum absolute atomic E-state index is 14.5. The quantitative estimate of drug-likeness (QED) is 0.547. The van der Waals surface area contributed by atoms with Gasteiger partial charge in [-0.3, -0.25) is 4.79 Å². The molecule has 0 radical (unpaired) electrons. The molecule has 2 aromatic carbocycles. The first-order valence-electron chi connectivity index (χ1n) is 10.0. The van der Waals surface area contributed by atoms with Gasteiger partial charge in [0.1, 0.15) is 11.4 Å². The zero-order chi connectivity index (χ0) is 22.5. The third-order valence-corrected chi connectivity index (χ3v) is 7.97. The summed E-state index contributed by atoms with van der Waals surface area (Å²) < 4.78 is 44.7. The number of hydrogen-bond donors (Lipinski definition) is 0. The van der Waals surface area contributed by atoms with Gasteiger partial charge in [0.25, 0.3) is 5.91 Å². The van der Waals surface area contributed by atoms with Crippen molar-refractivity contribution in [2.24, 2.45) is 0 Å². The van der Waals surface area contributed by atoms with E-state index in [1.54, 1.807) is 13.0 Å². The van der Waals surface area contributed by atoms with Gasteiger partial charge in [0.2, 0.25) is 0 Å². The highest BCUT2D eigenvalue weighted by Gasteiger charge is 2.37. The average molecular weight is 464 g/mol. The fourth-order valence-corrected chi connectivity index (χ4v) is 6.32. The van der Waals surface area contributed by atoms with Gasteiger partial charge in [0, 0.05) is 27.6 Å². The molecule has 164 valence electrons. The molecule has 3 aromatic rings. The highest BCUT2D eigenvalue weighted by molar-refractivity contribution is 7.91. The lowest BCUT2D eigenvalue weighted by Crippen LogP contribution is -2.41. The fourth-order valence-electron chi connectivity index (χ4n) is 4.37. The second-order valence-electron chi connectivity index (χ2n) is 8.20. The van der Waals surface area contributed by atoms with Crippen LogP contribution in [0.25, 0.3) is 11.0 Å². The Bertz CT molecular complexity index is 1280. The van der Waals surface area contributed by atoms with Crippen molar-refractivity contribution in [2.75, 3.05) is 11.5 Å².